The van der Waals surface area contributed by atoms with Gasteiger partial charge in [0.2, 0.25) is 0 Å². The number of nitrogens with zero attached hydrogens (tertiary/aromatic N) is 1. The average molecular weight is 288 g/mol. The van der Waals surface area contributed by atoms with E-state index < -0.39 is 0 Å². The standard InChI is InChI=1S/C19H32N2/c1-19(2,3)18(10-12-20)9-6-13-21-14-11-16-7-4-5-8-17(16)15-21/h4-5,7-8,18H,6,9-15,20H2,1-3H3. The Morgan fingerprint density at radius 1 is 1.14 bits per heavy atom. The molecule has 0 fully saturated rings. The molecule has 0 aliphatic carbocycles. The van der Waals surface area contributed by atoms with Crippen molar-refractivity contribution in [1.82, 2.24) is 4.90 Å². The van der Waals surface area contributed by atoms with Crippen LogP contribution in [-0.2, 0) is 13.0 Å². The quantitative estimate of drug-likeness (QED) is 0.862. The van der Waals surface area contributed by atoms with Crippen molar-refractivity contribution in [3.8, 4) is 0 Å². The molecule has 1 aliphatic heterocycles. The maximum atomic E-state index is 5.78. The van der Waals surface area contributed by atoms with Gasteiger partial charge in [0.05, 0.1) is 0 Å². The number of nitrogens with two attached hydrogens (primary N) is 1. The Morgan fingerprint density at radius 3 is 2.52 bits per heavy atom. The van der Waals surface area contributed by atoms with E-state index >= 15 is 0 Å². The average Bonchev–Trinajstić information content (AvgIpc) is 2.45. The first-order valence-electron chi connectivity index (χ1n) is 8.50. The predicted octanol–water partition coefficient (Wildman–Crippen LogP) is 3.84. The van der Waals surface area contributed by atoms with Crippen LogP contribution in [0.1, 0.15) is 51.2 Å². The molecule has 0 saturated heterocycles. The van der Waals surface area contributed by atoms with Crippen LogP contribution in [0.4, 0.5) is 0 Å². The molecule has 0 radical (unpaired) electrons. The Hall–Kier alpha value is -0.860. The van der Waals surface area contributed by atoms with E-state index in [1.165, 1.54) is 37.9 Å². The molecule has 0 aromatic heterocycles. The van der Waals surface area contributed by atoms with Crippen LogP contribution in [0.15, 0.2) is 24.3 Å². The largest absolute Gasteiger partial charge is 0.330 e. The van der Waals surface area contributed by atoms with E-state index in [2.05, 4.69) is 49.9 Å². The van der Waals surface area contributed by atoms with E-state index in [1.54, 1.807) is 5.56 Å². The lowest BCUT2D eigenvalue weighted by Gasteiger charge is -2.32. The highest BCUT2D eigenvalue weighted by atomic mass is 15.1. The van der Waals surface area contributed by atoms with Gasteiger partial charge in [-0.2, -0.15) is 0 Å². The topological polar surface area (TPSA) is 29.3 Å². The SMILES string of the molecule is CC(C)(C)C(CCN)CCCN1CCc2ccccc2C1. The summed E-state index contributed by atoms with van der Waals surface area (Å²) in [5.41, 5.74) is 9.24. The summed E-state index contributed by atoms with van der Waals surface area (Å²) in [4.78, 5) is 2.62. The van der Waals surface area contributed by atoms with Crippen molar-refractivity contribution in [2.24, 2.45) is 17.1 Å². The monoisotopic (exact) mass is 288 g/mol. The lowest BCUT2D eigenvalue weighted by molar-refractivity contribution is 0.188. The summed E-state index contributed by atoms with van der Waals surface area (Å²) in [6.45, 7) is 11.4. The van der Waals surface area contributed by atoms with Gasteiger partial charge >= 0.3 is 0 Å². The normalized spacial score (nSPS) is 17.5. The zero-order chi connectivity index (χ0) is 15.3. The van der Waals surface area contributed by atoms with Crippen molar-refractivity contribution in [2.75, 3.05) is 19.6 Å². The molecule has 1 aliphatic rings. The minimum Gasteiger partial charge on any atom is -0.330 e. The van der Waals surface area contributed by atoms with Crippen LogP contribution in [0.2, 0.25) is 0 Å². The van der Waals surface area contributed by atoms with Gasteiger partial charge in [-0.25, -0.2) is 0 Å². The summed E-state index contributed by atoms with van der Waals surface area (Å²) >= 11 is 0. The first kappa shape index (κ1) is 16.5. The smallest absolute Gasteiger partial charge is 0.0236 e. The summed E-state index contributed by atoms with van der Waals surface area (Å²) in [6.07, 6.45) is 4.97. The third-order valence-electron chi connectivity index (χ3n) is 4.98. The number of hydrogen-bond donors (Lipinski definition) is 1. The molecule has 118 valence electrons. The van der Waals surface area contributed by atoms with E-state index in [9.17, 15) is 0 Å². The summed E-state index contributed by atoms with van der Waals surface area (Å²) in [5.74, 6) is 0.750. The molecule has 2 N–H and O–H groups in total. The van der Waals surface area contributed by atoms with Crippen molar-refractivity contribution in [3.63, 3.8) is 0 Å². The first-order valence-corrected chi connectivity index (χ1v) is 8.50. The highest BCUT2D eigenvalue weighted by Gasteiger charge is 2.24. The second kappa shape index (κ2) is 7.42. The molecule has 0 saturated carbocycles. The van der Waals surface area contributed by atoms with Gasteiger partial charge in [0.1, 0.15) is 0 Å². The number of fused-ring (bicyclic) bond motifs is 1. The zero-order valence-corrected chi connectivity index (χ0v) is 14.1. The molecule has 2 heteroatoms. The molecule has 1 unspecified atom stereocenters. The fraction of sp³-hybridized carbons (Fsp3) is 0.684. The molecule has 0 amide bonds. The zero-order valence-electron chi connectivity index (χ0n) is 14.1. The van der Waals surface area contributed by atoms with E-state index in [0.29, 0.717) is 5.41 Å². The van der Waals surface area contributed by atoms with Crippen LogP contribution in [-0.4, -0.2) is 24.5 Å². The maximum Gasteiger partial charge on any atom is 0.0236 e. The molecule has 1 atom stereocenters. The highest BCUT2D eigenvalue weighted by Crippen LogP contribution is 2.32. The molecule has 2 rings (SSSR count). The van der Waals surface area contributed by atoms with Crippen LogP contribution in [0.3, 0.4) is 0 Å². The van der Waals surface area contributed by atoms with Gasteiger partial charge in [-0.15, -0.1) is 0 Å². The fourth-order valence-electron chi connectivity index (χ4n) is 3.52. The van der Waals surface area contributed by atoms with Crippen LogP contribution in [0, 0.1) is 11.3 Å². The molecule has 1 heterocycles. The van der Waals surface area contributed by atoms with E-state index in [1.807, 2.05) is 0 Å². The molecular formula is C19H32N2. The Labute approximate surface area is 130 Å². The Balaban J connectivity index is 1.79. The predicted molar refractivity (Wildman–Crippen MR) is 91.3 cm³/mol. The first-order chi connectivity index (χ1) is 10.0. The van der Waals surface area contributed by atoms with Gasteiger partial charge in [0.15, 0.2) is 0 Å². The molecule has 21 heavy (non-hydrogen) atoms. The van der Waals surface area contributed by atoms with E-state index in [4.69, 9.17) is 5.73 Å². The molecule has 0 bridgehead atoms. The lowest BCUT2D eigenvalue weighted by atomic mass is 9.76. The van der Waals surface area contributed by atoms with Crippen molar-refractivity contribution in [2.45, 2.75) is 53.0 Å². The third-order valence-corrected chi connectivity index (χ3v) is 4.98. The molecule has 0 spiro atoms. The maximum absolute atomic E-state index is 5.78. The number of rotatable bonds is 6. The highest BCUT2D eigenvalue weighted by molar-refractivity contribution is 5.28. The van der Waals surface area contributed by atoms with Crippen LogP contribution >= 0.6 is 0 Å². The second-order valence-corrected chi connectivity index (χ2v) is 7.58. The van der Waals surface area contributed by atoms with E-state index in [0.717, 1.165) is 25.4 Å². The number of benzene rings is 1. The molecule has 1 aromatic carbocycles. The summed E-state index contributed by atoms with van der Waals surface area (Å²) < 4.78 is 0. The van der Waals surface area contributed by atoms with E-state index in [-0.39, 0.29) is 0 Å². The second-order valence-electron chi connectivity index (χ2n) is 7.58. The molecular weight excluding hydrogens is 256 g/mol. The molecule has 2 nitrogen and oxygen atoms in total. The van der Waals surface area contributed by atoms with Gasteiger partial charge in [0.25, 0.3) is 0 Å². The number of hydrogen-bond acceptors (Lipinski definition) is 2. The molecule has 1 aromatic rings. The van der Waals surface area contributed by atoms with Gasteiger partial charge in [-0.1, -0.05) is 45.0 Å². The van der Waals surface area contributed by atoms with Gasteiger partial charge in [-0.3, -0.25) is 4.90 Å². The lowest BCUT2D eigenvalue weighted by Crippen LogP contribution is -2.32. The van der Waals surface area contributed by atoms with Crippen LogP contribution in [0.25, 0.3) is 0 Å². The third kappa shape index (κ3) is 4.82. The summed E-state index contributed by atoms with van der Waals surface area (Å²) in [5, 5.41) is 0. The minimum absolute atomic E-state index is 0.383. The van der Waals surface area contributed by atoms with Gasteiger partial charge < -0.3 is 5.73 Å². The van der Waals surface area contributed by atoms with Crippen LogP contribution < -0.4 is 5.73 Å². The summed E-state index contributed by atoms with van der Waals surface area (Å²) in [6, 6.07) is 8.89. The van der Waals surface area contributed by atoms with Crippen molar-refractivity contribution >= 4 is 0 Å². The van der Waals surface area contributed by atoms with Crippen LogP contribution in [0.5, 0.6) is 0 Å². The minimum atomic E-state index is 0.383. The van der Waals surface area contributed by atoms with Crippen molar-refractivity contribution in [3.05, 3.63) is 35.4 Å². The van der Waals surface area contributed by atoms with Crippen molar-refractivity contribution < 1.29 is 0 Å². The Bertz CT molecular complexity index is 433. The Morgan fingerprint density at radius 2 is 1.86 bits per heavy atom. The van der Waals surface area contributed by atoms with Crippen molar-refractivity contribution in [1.29, 1.82) is 0 Å². The van der Waals surface area contributed by atoms with Gasteiger partial charge in [-0.05, 0) is 61.2 Å². The Kier molecular flexibility index (Phi) is 5.83. The van der Waals surface area contributed by atoms with Gasteiger partial charge in [0, 0.05) is 13.1 Å². The fourth-order valence-corrected chi connectivity index (χ4v) is 3.52. The summed E-state index contributed by atoms with van der Waals surface area (Å²) in [7, 11) is 0.